The molecule has 0 unspecified atom stereocenters. The number of halogens is 4. The molecular weight excluding hydrogens is 836 g/mol. The van der Waals surface area contributed by atoms with Gasteiger partial charge in [-0.2, -0.15) is 15.0 Å². The summed E-state index contributed by atoms with van der Waals surface area (Å²) in [5.41, 5.74) is 2.79. The largest absolute Gasteiger partial charge is 0.376 e. The number of carbonyl (C=O) groups excluding carboxylic acids is 3. The van der Waals surface area contributed by atoms with Crippen LogP contribution in [-0.2, 0) is 4.79 Å². The van der Waals surface area contributed by atoms with E-state index in [9.17, 15) is 14.4 Å². The summed E-state index contributed by atoms with van der Waals surface area (Å²) in [6.07, 6.45) is 0. The van der Waals surface area contributed by atoms with Gasteiger partial charge < -0.3 is 35.6 Å². The standard InChI is InChI=1S/C23H36N10O.C18H7Cl4NO2/c1-4-24-20(34)17-25-18-5-7-19(8-6-18)26-21-27-22(32-13-9-30(2)10-14-32)29-23(28-21)33-15-11-31(3)12-16-33;19-13-11-12(14(20)16(22)15(13)21)18(25)10(17(11)24)9-6-5-7-3-1-2-4-8(7)23-9/h5-8,25H,4,9-17H2,1-3H3,(H,24,34)(H,26,27,28,29);1-6,10H. The van der Waals surface area contributed by atoms with Crippen LogP contribution in [0, 0.1) is 0 Å². The number of benzene rings is 3. The van der Waals surface area contributed by atoms with Crippen LogP contribution in [0.5, 0.6) is 0 Å². The number of nitrogens with zero attached hydrogens (tertiary/aromatic N) is 8. The molecular formula is C41H43Cl4N11O3. The molecule has 0 radical (unpaired) electrons. The summed E-state index contributed by atoms with van der Waals surface area (Å²) in [4.78, 5) is 65.3. The van der Waals surface area contributed by atoms with Crippen LogP contribution in [0.25, 0.3) is 10.9 Å². The first-order valence-electron chi connectivity index (χ1n) is 19.2. The lowest BCUT2D eigenvalue weighted by molar-refractivity contribution is -0.119. The van der Waals surface area contributed by atoms with E-state index in [0.29, 0.717) is 23.7 Å². The number of para-hydroxylation sites is 1. The summed E-state index contributed by atoms with van der Waals surface area (Å²) in [6.45, 7) is 10.3. The Morgan fingerprint density at radius 2 is 1.19 bits per heavy atom. The predicted octanol–water partition coefficient (Wildman–Crippen LogP) is 6.68. The molecule has 2 aliphatic heterocycles. The number of amides is 1. The van der Waals surface area contributed by atoms with Crippen molar-refractivity contribution in [1.29, 1.82) is 0 Å². The molecule has 5 aromatic rings. The van der Waals surface area contributed by atoms with Crippen molar-refractivity contribution >= 4 is 104 Å². The number of carbonyl (C=O) groups is 3. The van der Waals surface area contributed by atoms with E-state index in [0.717, 1.165) is 81.0 Å². The molecule has 14 nitrogen and oxygen atoms in total. The van der Waals surface area contributed by atoms with Gasteiger partial charge in [0.15, 0.2) is 11.6 Å². The van der Waals surface area contributed by atoms with Crippen LogP contribution in [0.4, 0.5) is 29.2 Å². The average molecular weight is 880 g/mol. The maximum Gasteiger partial charge on any atom is 0.239 e. The first-order chi connectivity index (χ1) is 28.4. The van der Waals surface area contributed by atoms with Crippen molar-refractivity contribution in [2.24, 2.45) is 0 Å². The number of hydrogen-bond acceptors (Lipinski definition) is 13. The van der Waals surface area contributed by atoms with Crippen LogP contribution in [0.2, 0.25) is 20.1 Å². The van der Waals surface area contributed by atoms with Crippen LogP contribution in [-0.4, -0.2) is 127 Å². The lowest BCUT2D eigenvalue weighted by Gasteiger charge is -2.34. The average Bonchev–Trinajstić information content (AvgIpc) is 3.51. The lowest BCUT2D eigenvalue weighted by atomic mass is 9.98. The van der Waals surface area contributed by atoms with Crippen LogP contribution in [0.1, 0.15) is 39.3 Å². The fourth-order valence-electron chi connectivity index (χ4n) is 6.96. The molecule has 8 rings (SSSR count). The van der Waals surface area contributed by atoms with Crippen LogP contribution < -0.4 is 25.8 Å². The molecule has 2 aromatic heterocycles. The van der Waals surface area contributed by atoms with E-state index in [2.05, 4.69) is 54.6 Å². The summed E-state index contributed by atoms with van der Waals surface area (Å²) in [5.74, 6) is -0.103. The Bertz CT molecular complexity index is 2280. The Labute approximate surface area is 362 Å². The lowest BCUT2D eigenvalue weighted by Crippen LogP contribution is -2.46. The number of piperazine rings is 2. The van der Waals surface area contributed by atoms with E-state index in [-0.39, 0.29) is 43.7 Å². The van der Waals surface area contributed by atoms with E-state index in [1.807, 2.05) is 61.5 Å². The number of likely N-dealkylation sites (N-methyl/N-ethyl adjacent to an activating group) is 3. The summed E-state index contributed by atoms with van der Waals surface area (Å²) >= 11 is 24.4. The van der Waals surface area contributed by atoms with E-state index < -0.39 is 17.5 Å². The number of nitrogens with one attached hydrogen (secondary N) is 3. The van der Waals surface area contributed by atoms with Gasteiger partial charge in [-0.3, -0.25) is 19.4 Å². The van der Waals surface area contributed by atoms with Gasteiger partial charge in [-0.05, 0) is 57.4 Å². The van der Waals surface area contributed by atoms with Gasteiger partial charge in [-0.1, -0.05) is 70.7 Å². The summed E-state index contributed by atoms with van der Waals surface area (Å²) in [6, 6.07) is 18.7. The number of anilines is 5. The van der Waals surface area contributed by atoms with Gasteiger partial charge >= 0.3 is 0 Å². The minimum absolute atomic E-state index is 0.00558. The molecule has 2 fully saturated rings. The first-order valence-corrected chi connectivity index (χ1v) is 20.7. The Kier molecular flexibility index (Phi) is 13.3. The van der Waals surface area contributed by atoms with Crippen molar-refractivity contribution in [3.05, 3.63) is 97.6 Å². The molecule has 0 atom stereocenters. The summed E-state index contributed by atoms with van der Waals surface area (Å²) in [5, 5.41) is 9.96. The zero-order valence-corrected chi connectivity index (χ0v) is 35.8. The molecule has 0 spiro atoms. The van der Waals surface area contributed by atoms with E-state index in [4.69, 9.17) is 61.4 Å². The molecule has 4 heterocycles. The number of hydrogen-bond donors (Lipinski definition) is 3. The van der Waals surface area contributed by atoms with Gasteiger partial charge in [0.25, 0.3) is 0 Å². The third-order valence-electron chi connectivity index (χ3n) is 10.4. The molecule has 18 heteroatoms. The highest BCUT2D eigenvalue weighted by Gasteiger charge is 2.45. The third kappa shape index (κ3) is 9.48. The molecule has 3 N–H and O–H groups in total. The van der Waals surface area contributed by atoms with E-state index >= 15 is 0 Å². The second kappa shape index (κ2) is 18.6. The zero-order chi connectivity index (χ0) is 41.8. The van der Waals surface area contributed by atoms with Gasteiger partial charge in [0.2, 0.25) is 23.8 Å². The zero-order valence-electron chi connectivity index (χ0n) is 32.7. The minimum Gasteiger partial charge on any atom is -0.376 e. The second-order valence-corrected chi connectivity index (χ2v) is 16.0. The van der Waals surface area contributed by atoms with Crippen LogP contribution in [0.3, 0.4) is 0 Å². The van der Waals surface area contributed by atoms with Crippen molar-refractivity contribution in [3.63, 3.8) is 0 Å². The number of ketones is 2. The fourth-order valence-corrected chi connectivity index (χ4v) is 8.00. The van der Waals surface area contributed by atoms with Gasteiger partial charge in [-0.15, -0.1) is 0 Å². The third-order valence-corrected chi connectivity index (χ3v) is 12.2. The molecule has 3 aromatic carbocycles. The van der Waals surface area contributed by atoms with Gasteiger partial charge in [-0.25, -0.2) is 0 Å². The Balaban J connectivity index is 0.000000187. The van der Waals surface area contributed by atoms with Crippen LogP contribution >= 0.6 is 46.4 Å². The van der Waals surface area contributed by atoms with Gasteiger partial charge in [0.05, 0.1) is 49.0 Å². The maximum atomic E-state index is 12.9. The summed E-state index contributed by atoms with van der Waals surface area (Å²) < 4.78 is 0. The highest BCUT2D eigenvalue weighted by Crippen LogP contribution is 2.48. The molecule has 0 saturated carbocycles. The SMILES string of the molecule is CCNC(=O)CNc1ccc(Nc2nc(N3CCN(C)CC3)nc(N3CCN(C)CC3)n2)cc1.O=C1c2c(Cl)c(Cl)c(Cl)c(Cl)c2C(=O)C1c1ccc2ccccc2n1. The van der Waals surface area contributed by atoms with Crippen molar-refractivity contribution in [3.8, 4) is 0 Å². The molecule has 0 bridgehead atoms. The Hall–Kier alpha value is -4.83. The number of pyridine rings is 1. The Morgan fingerprint density at radius 3 is 1.73 bits per heavy atom. The monoisotopic (exact) mass is 877 g/mol. The minimum atomic E-state index is -1.11. The first kappa shape index (κ1) is 42.3. The molecule has 2 saturated heterocycles. The maximum absolute atomic E-state index is 12.9. The molecule has 1 amide bonds. The van der Waals surface area contributed by atoms with Crippen molar-refractivity contribution in [2.45, 2.75) is 12.8 Å². The van der Waals surface area contributed by atoms with E-state index in [1.165, 1.54) is 0 Å². The molecule has 3 aliphatic rings. The molecule has 1 aliphatic carbocycles. The second-order valence-electron chi connectivity index (χ2n) is 14.4. The predicted molar refractivity (Wildman–Crippen MR) is 236 cm³/mol. The number of aromatic nitrogens is 4. The molecule has 59 heavy (non-hydrogen) atoms. The quantitative estimate of drug-likeness (QED) is 0.0822. The van der Waals surface area contributed by atoms with Crippen molar-refractivity contribution in [1.82, 2.24) is 35.1 Å². The highest BCUT2D eigenvalue weighted by molar-refractivity contribution is 6.55. The summed E-state index contributed by atoms with van der Waals surface area (Å²) in [7, 11) is 4.28. The normalized spacial score (nSPS) is 16.2. The molecule has 308 valence electrons. The Morgan fingerprint density at radius 1 is 0.661 bits per heavy atom. The number of Topliss-reactive ketones (excluding diaryl/α,β-unsaturated/α-hetero) is 2. The fraction of sp³-hybridized carbons (Fsp3) is 0.341. The van der Waals surface area contributed by atoms with Crippen LogP contribution in [0.15, 0.2) is 60.7 Å². The van der Waals surface area contributed by atoms with E-state index in [1.54, 1.807) is 6.07 Å². The van der Waals surface area contributed by atoms with Crippen molar-refractivity contribution in [2.75, 3.05) is 100.0 Å². The topological polar surface area (TPSA) is 152 Å². The van der Waals surface area contributed by atoms with Gasteiger partial charge in [0, 0.05) is 75.7 Å². The van der Waals surface area contributed by atoms with Gasteiger partial charge in [0.1, 0.15) is 5.92 Å². The number of fused-ring (bicyclic) bond motifs is 2. The number of rotatable bonds is 9. The highest BCUT2D eigenvalue weighted by atomic mass is 35.5. The smallest absolute Gasteiger partial charge is 0.239 e. The van der Waals surface area contributed by atoms with Crippen molar-refractivity contribution < 1.29 is 14.4 Å².